The molecule has 0 saturated carbocycles. The Balaban J connectivity index is 2.08. The third-order valence-corrected chi connectivity index (χ3v) is 2.84. The van der Waals surface area contributed by atoms with Crippen molar-refractivity contribution in [3.63, 3.8) is 0 Å². The number of phenolic OH excluding ortho intramolecular Hbond substituents is 1. The molecule has 1 unspecified atom stereocenters. The number of rotatable bonds is 2. The second-order valence-corrected chi connectivity index (χ2v) is 4.29. The van der Waals surface area contributed by atoms with E-state index in [0.717, 1.165) is 24.8 Å². The summed E-state index contributed by atoms with van der Waals surface area (Å²) in [4.78, 5) is 0. The van der Waals surface area contributed by atoms with Gasteiger partial charge in [-0.3, -0.25) is 0 Å². The Kier molecular flexibility index (Phi) is 2.78. The van der Waals surface area contributed by atoms with Gasteiger partial charge in [-0.05, 0) is 37.0 Å². The Morgan fingerprint density at radius 2 is 2.29 bits per heavy atom. The van der Waals surface area contributed by atoms with Crippen molar-refractivity contribution in [3.8, 4) is 5.75 Å². The molecule has 0 heterocycles. The minimum Gasteiger partial charge on any atom is -0.508 e. The number of aromatic hydroxyl groups is 1. The summed E-state index contributed by atoms with van der Waals surface area (Å²) in [6.07, 6.45) is 5.18. The van der Waals surface area contributed by atoms with Gasteiger partial charge in [0, 0.05) is 0 Å². The van der Waals surface area contributed by atoms with Crippen molar-refractivity contribution in [2.45, 2.75) is 24.6 Å². The van der Waals surface area contributed by atoms with Crippen LogP contribution >= 0.6 is 11.6 Å². The summed E-state index contributed by atoms with van der Waals surface area (Å²) in [6, 6.07) is 7.40. The number of hydrogen-bond acceptors (Lipinski definition) is 1. The minimum atomic E-state index is 0.210. The maximum Gasteiger partial charge on any atom is 0.115 e. The zero-order valence-electron chi connectivity index (χ0n) is 7.91. The lowest BCUT2D eigenvalue weighted by atomic mass is 10.0. The van der Waals surface area contributed by atoms with Crippen LogP contribution in [-0.2, 0) is 6.42 Å². The molecule has 1 atom stereocenters. The van der Waals surface area contributed by atoms with Gasteiger partial charge in [-0.2, -0.15) is 0 Å². The molecule has 1 aromatic carbocycles. The lowest BCUT2D eigenvalue weighted by Crippen LogP contribution is -1.86. The lowest BCUT2D eigenvalue weighted by molar-refractivity contribution is 0.474. The molecular formula is C12H13ClO. The van der Waals surface area contributed by atoms with Gasteiger partial charge in [0.25, 0.3) is 0 Å². The van der Waals surface area contributed by atoms with Crippen molar-refractivity contribution in [2.75, 3.05) is 0 Å². The highest BCUT2D eigenvalue weighted by Crippen LogP contribution is 2.26. The van der Waals surface area contributed by atoms with Crippen LogP contribution in [0.25, 0.3) is 0 Å². The molecule has 0 saturated heterocycles. The highest BCUT2D eigenvalue weighted by molar-refractivity contribution is 6.22. The maximum atomic E-state index is 9.29. The summed E-state index contributed by atoms with van der Waals surface area (Å²) in [5.41, 5.74) is 2.54. The average Bonchev–Trinajstić information content (AvgIpc) is 2.51. The summed E-state index contributed by atoms with van der Waals surface area (Å²) >= 11 is 5.98. The van der Waals surface area contributed by atoms with Gasteiger partial charge in [0.1, 0.15) is 5.75 Å². The number of phenols is 1. The van der Waals surface area contributed by atoms with Crippen LogP contribution < -0.4 is 0 Å². The Bertz CT molecular complexity index is 357. The number of alkyl halides is 1. The summed E-state index contributed by atoms with van der Waals surface area (Å²) in [5.74, 6) is 0.337. The zero-order valence-corrected chi connectivity index (χ0v) is 8.67. The largest absolute Gasteiger partial charge is 0.508 e. The summed E-state index contributed by atoms with van der Waals surface area (Å²) in [5, 5.41) is 9.50. The molecule has 2 rings (SSSR count). The second-order valence-electron chi connectivity index (χ2n) is 3.73. The standard InChI is InChI=1S/C12H13ClO/c13-11-5-4-10(7-11)6-9-2-1-3-12(14)8-9/h1-3,7-8,11,14H,4-6H2. The van der Waals surface area contributed by atoms with E-state index in [0.29, 0.717) is 5.75 Å². The van der Waals surface area contributed by atoms with Gasteiger partial charge in [0.05, 0.1) is 5.38 Å². The van der Waals surface area contributed by atoms with Crippen LogP contribution in [0.1, 0.15) is 18.4 Å². The first-order valence-electron chi connectivity index (χ1n) is 4.85. The fraction of sp³-hybridized carbons (Fsp3) is 0.333. The smallest absolute Gasteiger partial charge is 0.115 e. The lowest BCUT2D eigenvalue weighted by Gasteiger charge is -2.02. The SMILES string of the molecule is Oc1cccc(CC2=CC(Cl)CC2)c1. The molecule has 1 aliphatic rings. The van der Waals surface area contributed by atoms with E-state index in [1.807, 2.05) is 18.2 Å². The van der Waals surface area contributed by atoms with Crippen LogP contribution in [0.5, 0.6) is 5.75 Å². The zero-order chi connectivity index (χ0) is 9.97. The molecule has 1 aromatic rings. The summed E-state index contributed by atoms with van der Waals surface area (Å²) < 4.78 is 0. The third-order valence-electron chi connectivity index (χ3n) is 2.50. The van der Waals surface area contributed by atoms with Crippen LogP contribution in [-0.4, -0.2) is 10.5 Å². The van der Waals surface area contributed by atoms with Crippen molar-refractivity contribution in [2.24, 2.45) is 0 Å². The molecule has 14 heavy (non-hydrogen) atoms. The van der Waals surface area contributed by atoms with E-state index in [2.05, 4.69) is 6.08 Å². The molecule has 2 heteroatoms. The Labute approximate surface area is 89.0 Å². The molecule has 0 fully saturated rings. The first-order chi connectivity index (χ1) is 6.74. The fourth-order valence-electron chi connectivity index (χ4n) is 1.82. The number of allylic oxidation sites excluding steroid dienone is 2. The van der Waals surface area contributed by atoms with Gasteiger partial charge in [-0.1, -0.05) is 23.8 Å². The van der Waals surface area contributed by atoms with Crippen LogP contribution in [0.15, 0.2) is 35.9 Å². The monoisotopic (exact) mass is 208 g/mol. The molecule has 1 aliphatic carbocycles. The highest BCUT2D eigenvalue weighted by atomic mass is 35.5. The topological polar surface area (TPSA) is 20.2 Å². The van der Waals surface area contributed by atoms with Crippen LogP contribution in [0, 0.1) is 0 Å². The summed E-state index contributed by atoms with van der Waals surface area (Å²) in [6.45, 7) is 0. The van der Waals surface area contributed by atoms with E-state index < -0.39 is 0 Å². The van der Waals surface area contributed by atoms with Gasteiger partial charge in [0.15, 0.2) is 0 Å². The van der Waals surface area contributed by atoms with Crippen molar-refractivity contribution in [3.05, 3.63) is 41.5 Å². The van der Waals surface area contributed by atoms with E-state index in [1.165, 1.54) is 5.57 Å². The molecule has 0 bridgehead atoms. The predicted molar refractivity (Wildman–Crippen MR) is 58.8 cm³/mol. The van der Waals surface area contributed by atoms with Gasteiger partial charge in [-0.25, -0.2) is 0 Å². The van der Waals surface area contributed by atoms with Crippen molar-refractivity contribution < 1.29 is 5.11 Å². The molecule has 1 nitrogen and oxygen atoms in total. The Hall–Kier alpha value is -0.950. The molecular weight excluding hydrogens is 196 g/mol. The molecule has 1 N–H and O–H groups in total. The van der Waals surface area contributed by atoms with Gasteiger partial charge >= 0.3 is 0 Å². The Morgan fingerprint density at radius 1 is 1.43 bits per heavy atom. The van der Waals surface area contributed by atoms with E-state index >= 15 is 0 Å². The van der Waals surface area contributed by atoms with Gasteiger partial charge in [0.2, 0.25) is 0 Å². The number of hydrogen-bond donors (Lipinski definition) is 1. The van der Waals surface area contributed by atoms with E-state index in [9.17, 15) is 5.11 Å². The molecule has 0 radical (unpaired) electrons. The third kappa shape index (κ3) is 2.30. The summed E-state index contributed by atoms with van der Waals surface area (Å²) in [7, 11) is 0. The van der Waals surface area contributed by atoms with E-state index in [-0.39, 0.29) is 5.38 Å². The van der Waals surface area contributed by atoms with E-state index in [1.54, 1.807) is 6.07 Å². The molecule has 0 spiro atoms. The number of halogens is 1. The van der Waals surface area contributed by atoms with Crippen molar-refractivity contribution >= 4 is 11.6 Å². The normalized spacial score (nSPS) is 20.9. The molecule has 0 aromatic heterocycles. The molecule has 74 valence electrons. The Morgan fingerprint density at radius 3 is 2.93 bits per heavy atom. The van der Waals surface area contributed by atoms with Gasteiger partial charge in [-0.15, -0.1) is 11.6 Å². The molecule has 0 aliphatic heterocycles. The van der Waals surface area contributed by atoms with E-state index in [4.69, 9.17) is 11.6 Å². The molecule has 0 amide bonds. The first-order valence-corrected chi connectivity index (χ1v) is 5.29. The van der Waals surface area contributed by atoms with Crippen LogP contribution in [0.2, 0.25) is 0 Å². The van der Waals surface area contributed by atoms with Crippen molar-refractivity contribution in [1.29, 1.82) is 0 Å². The second kappa shape index (κ2) is 4.05. The quantitative estimate of drug-likeness (QED) is 0.584. The number of benzene rings is 1. The van der Waals surface area contributed by atoms with Crippen molar-refractivity contribution in [1.82, 2.24) is 0 Å². The van der Waals surface area contributed by atoms with Gasteiger partial charge < -0.3 is 5.11 Å². The minimum absolute atomic E-state index is 0.210. The van der Waals surface area contributed by atoms with Crippen LogP contribution in [0.3, 0.4) is 0 Å². The first kappa shape index (κ1) is 9.60. The fourth-order valence-corrected chi connectivity index (χ4v) is 2.11. The highest BCUT2D eigenvalue weighted by Gasteiger charge is 2.13. The predicted octanol–water partition coefficient (Wildman–Crippen LogP) is 3.26. The maximum absolute atomic E-state index is 9.29. The average molecular weight is 209 g/mol. The van der Waals surface area contributed by atoms with Crippen LogP contribution in [0.4, 0.5) is 0 Å².